The highest BCUT2D eigenvalue weighted by atomic mass is 16.5. The molecule has 138 valence electrons. The van der Waals surface area contributed by atoms with Crippen molar-refractivity contribution in [3.05, 3.63) is 35.5 Å². The SMILES string of the molecule is CCOC(=O)C1CCN(C(=O)/C(C#N)=C\Nc2cc(C)ccc2N)CC1. The van der Waals surface area contributed by atoms with Crippen LogP contribution in [0.3, 0.4) is 0 Å². The molecule has 0 aromatic heterocycles. The minimum Gasteiger partial charge on any atom is -0.466 e. The van der Waals surface area contributed by atoms with E-state index in [4.69, 9.17) is 10.5 Å². The van der Waals surface area contributed by atoms with E-state index in [2.05, 4.69) is 5.32 Å². The number of piperidine rings is 1. The second kappa shape index (κ2) is 8.90. The number of likely N-dealkylation sites (tertiary alicyclic amines) is 1. The second-order valence-corrected chi connectivity index (χ2v) is 6.22. The molecule has 2 rings (SSSR count). The Morgan fingerprint density at radius 2 is 2.12 bits per heavy atom. The zero-order valence-corrected chi connectivity index (χ0v) is 15.1. The number of nitrogens with zero attached hydrogens (tertiary/aromatic N) is 2. The summed E-state index contributed by atoms with van der Waals surface area (Å²) in [6.07, 6.45) is 2.47. The number of nitrogens with one attached hydrogen (secondary N) is 1. The minimum absolute atomic E-state index is 0.000454. The molecule has 7 heteroatoms. The molecule has 26 heavy (non-hydrogen) atoms. The molecule has 0 bridgehead atoms. The number of amides is 1. The summed E-state index contributed by atoms with van der Waals surface area (Å²) in [5.74, 6) is -0.750. The largest absolute Gasteiger partial charge is 0.466 e. The van der Waals surface area contributed by atoms with Gasteiger partial charge in [-0.15, -0.1) is 0 Å². The number of carbonyl (C=O) groups is 2. The Bertz CT molecular complexity index is 744. The molecule has 1 aromatic rings. The van der Waals surface area contributed by atoms with Gasteiger partial charge in [0.1, 0.15) is 11.6 Å². The molecule has 0 unspecified atom stereocenters. The fourth-order valence-electron chi connectivity index (χ4n) is 2.84. The van der Waals surface area contributed by atoms with E-state index in [9.17, 15) is 14.9 Å². The van der Waals surface area contributed by atoms with Crippen LogP contribution in [-0.4, -0.2) is 36.5 Å². The topological polar surface area (TPSA) is 108 Å². The molecule has 7 nitrogen and oxygen atoms in total. The molecule has 0 spiro atoms. The fraction of sp³-hybridized carbons (Fsp3) is 0.421. The Balaban J connectivity index is 2.00. The van der Waals surface area contributed by atoms with Crippen LogP contribution in [0.1, 0.15) is 25.3 Å². The number of hydrogen-bond acceptors (Lipinski definition) is 6. The number of aryl methyl sites for hydroxylation is 1. The molecule has 0 aliphatic carbocycles. The number of anilines is 2. The summed E-state index contributed by atoms with van der Waals surface area (Å²) in [4.78, 5) is 25.9. The van der Waals surface area contributed by atoms with Gasteiger partial charge in [-0.05, 0) is 44.4 Å². The average molecular weight is 356 g/mol. The summed E-state index contributed by atoms with van der Waals surface area (Å²) < 4.78 is 5.03. The summed E-state index contributed by atoms with van der Waals surface area (Å²) in [5, 5.41) is 12.3. The zero-order valence-electron chi connectivity index (χ0n) is 15.1. The molecule has 1 aliphatic heterocycles. The maximum absolute atomic E-state index is 12.6. The molecule has 1 amide bonds. The maximum Gasteiger partial charge on any atom is 0.309 e. The summed E-state index contributed by atoms with van der Waals surface area (Å²) in [6.45, 7) is 4.90. The highest BCUT2D eigenvalue weighted by molar-refractivity contribution is 5.97. The number of hydrogen-bond donors (Lipinski definition) is 2. The Morgan fingerprint density at radius 1 is 1.42 bits per heavy atom. The van der Waals surface area contributed by atoms with E-state index in [0.29, 0.717) is 43.9 Å². The van der Waals surface area contributed by atoms with E-state index >= 15 is 0 Å². The molecule has 0 atom stereocenters. The van der Waals surface area contributed by atoms with E-state index in [1.165, 1.54) is 6.20 Å². The first kappa shape index (κ1) is 19.3. The van der Waals surface area contributed by atoms with Gasteiger partial charge < -0.3 is 20.7 Å². The van der Waals surface area contributed by atoms with Crippen molar-refractivity contribution in [3.63, 3.8) is 0 Å². The Labute approximate surface area is 153 Å². The van der Waals surface area contributed by atoms with Gasteiger partial charge in [0.05, 0.1) is 23.9 Å². The Kier molecular flexibility index (Phi) is 6.61. The smallest absolute Gasteiger partial charge is 0.309 e. The van der Waals surface area contributed by atoms with Crippen molar-refractivity contribution < 1.29 is 14.3 Å². The number of nitrogens with two attached hydrogens (primary N) is 1. The molecule has 1 fully saturated rings. The van der Waals surface area contributed by atoms with Gasteiger partial charge in [-0.3, -0.25) is 9.59 Å². The second-order valence-electron chi connectivity index (χ2n) is 6.22. The summed E-state index contributed by atoms with van der Waals surface area (Å²) >= 11 is 0. The molecule has 1 aromatic carbocycles. The third kappa shape index (κ3) is 4.76. The van der Waals surface area contributed by atoms with E-state index in [-0.39, 0.29) is 23.4 Å². The first-order chi connectivity index (χ1) is 12.5. The van der Waals surface area contributed by atoms with Crippen molar-refractivity contribution in [2.24, 2.45) is 5.92 Å². The molecule has 3 N–H and O–H groups in total. The summed E-state index contributed by atoms with van der Waals surface area (Å²) in [6, 6.07) is 7.42. The maximum atomic E-state index is 12.6. The number of benzene rings is 1. The Morgan fingerprint density at radius 3 is 2.73 bits per heavy atom. The van der Waals surface area contributed by atoms with Crippen LogP contribution in [0.15, 0.2) is 30.0 Å². The number of nitriles is 1. The van der Waals surface area contributed by atoms with Crippen LogP contribution < -0.4 is 11.1 Å². The van der Waals surface area contributed by atoms with E-state index in [1.807, 2.05) is 25.1 Å². The lowest BCUT2D eigenvalue weighted by atomic mass is 9.96. The standard InChI is InChI=1S/C19H24N4O3/c1-3-26-19(25)14-6-8-23(9-7-14)18(24)15(11-20)12-22-17-10-13(2)4-5-16(17)21/h4-5,10,12,14,22H,3,6-9,21H2,1-2H3/b15-12-. The predicted octanol–water partition coefficient (Wildman–Crippen LogP) is 2.20. The molecule has 1 saturated heterocycles. The van der Waals surface area contributed by atoms with Crippen LogP contribution in [-0.2, 0) is 14.3 Å². The molecule has 0 radical (unpaired) electrons. The van der Waals surface area contributed by atoms with E-state index in [1.54, 1.807) is 17.9 Å². The third-order valence-corrected chi connectivity index (χ3v) is 4.33. The molecule has 1 aliphatic rings. The highest BCUT2D eigenvalue weighted by Crippen LogP contribution is 2.22. The quantitative estimate of drug-likeness (QED) is 0.362. The first-order valence-corrected chi connectivity index (χ1v) is 8.65. The lowest BCUT2D eigenvalue weighted by Crippen LogP contribution is -2.41. The molecular formula is C19H24N4O3. The van der Waals surface area contributed by atoms with Crippen LogP contribution in [0.25, 0.3) is 0 Å². The van der Waals surface area contributed by atoms with Crippen molar-refractivity contribution >= 4 is 23.3 Å². The summed E-state index contributed by atoms with van der Waals surface area (Å²) in [5.41, 5.74) is 8.08. The average Bonchev–Trinajstić information content (AvgIpc) is 2.65. The van der Waals surface area contributed by atoms with Crippen molar-refractivity contribution in [2.45, 2.75) is 26.7 Å². The fourth-order valence-corrected chi connectivity index (χ4v) is 2.84. The van der Waals surface area contributed by atoms with Crippen LogP contribution in [0.4, 0.5) is 11.4 Å². The number of nitrogen functional groups attached to an aromatic ring is 1. The van der Waals surface area contributed by atoms with Gasteiger partial charge in [0, 0.05) is 19.3 Å². The van der Waals surface area contributed by atoms with Crippen LogP contribution in [0.2, 0.25) is 0 Å². The van der Waals surface area contributed by atoms with E-state index < -0.39 is 0 Å². The van der Waals surface area contributed by atoms with Gasteiger partial charge in [-0.2, -0.15) is 5.26 Å². The van der Waals surface area contributed by atoms with Gasteiger partial charge in [-0.25, -0.2) is 0 Å². The van der Waals surface area contributed by atoms with Gasteiger partial charge in [0.2, 0.25) is 0 Å². The highest BCUT2D eigenvalue weighted by Gasteiger charge is 2.29. The van der Waals surface area contributed by atoms with Gasteiger partial charge >= 0.3 is 5.97 Å². The Hall–Kier alpha value is -3.01. The van der Waals surface area contributed by atoms with Gasteiger partial charge in [-0.1, -0.05) is 6.07 Å². The van der Waals surface area contributed by atoms with Crippen LogP contribution in [0, 0.1) is 24.2 Å². The summed E-state index contributed by atoms with van der Waals surface area (Å²) in [7, 11) is 0. The molecule has 0 saturated carbocycles. The lowest BCUT2D eigenvalue weighted by molar-refractivity contribution is -0.150. The van der Waals surface area contributed by atoms with Crippen molar-refractivity contribution in [1.29, 1.82) is 5.26 Å². The minimum atomic E-state index is -0.353. The zero-order chi connectivity index (χ0) is 19.1. The number of esters is 1. The molecule has 1 heterocycles. The third-order valence-electron chi connectivity index (χ3n) is 4.33. The number of rotatable bonds is 5. The lowest BCUT2D eigenvalue weighted by Gasteiger charge is -2.30. The number of carbonyl (C=O) groups excluding carboxylic acids is 2. The van der Waals surface area contributed by atoms with Gasteiger partial charge in [0.15, 0.2) is 0 Å². The van der Waals surface area contributed by atoms with Crippen LogP contribution >= 0.6 is 0 Å². The first-order valence-electron chi connectivity index (χ1n) is 8.65. The van der Waals surface area contributed by atoms with Crippen LogP contribution in [0.5, 0.6) is 0 Å². The van der Waals surface area contributed by atoms with Crippen molar-refractivity contribution in [2.75, 3.05) is 30.7 Å². The predicted molar refractivity (Wildman–Crippen MR) is 98.8 cm³/mol. The monoisotopic (exact) mass is 356 g/mol. The molecular weight excluding hydrogens is 332 g/mol. The van der Waals surface area contributed by atoms with Crippen molar-refractivity contribution in [1.82, 2.24) is 4.90 Å². The van der Waals surface area contributed by atoms with Crippen molar-refractivity contribution in [3.8, 4) is 6.07 Å². The van der Waals surface area contributed by atoms with E-state index in [0.717, 1.165) is 5.56 Å². The number of ether oxygens (including phenoxy) is 1. The normalized spacial score (nSPS) is 15.3. The van der Waals surface area contributed by atoms with Gasteiger partial charge in [0.25, 0.3) is 5.91 Å².